The first-order valence-corrected chi connectivity index (χ1v) is 7.43. The maximum atomic E-state index is 12.2. The van der Waals surface area contributed by atoms with Crippen LogP contribution in [0.3, 0.4) is 0 Å². The van der Waals surface area contributed by atoms with E-state index in [9.17, 15) is 13.2 Å². The fraction of sp³-hybridized carbons (Fsp3) is 1.00. The Balaban J connectivity index is 2.28. The highest BCUT2D eigenvalue weighted by molar-refractivity contribution is 4.75. The molecule has 1 heterocycles. The third-order valence-corrected chi connectivity index (χ3v) is 3.52. The summed E-state index contributed by atoms with van der Waals surface area (Å²) in [6, 6.07) is 0.158. The molecule has 1 aliphatic rings. The monoisotopic (exact) mass is 281 g/mol. The number of hydrogen-bond acceptors (Lipinski definition) is 2. The van der Waals surface area contributed by atoms with E-state index in [1.807, 2.05) is 0 Å². The Morgan fingerprint density at radius 3 is 2.68 bits per heavy atom. The molecule has 1 aliphatic heterocycles. The normalized spacial score (nSPS) is 22.4. The first kappa shape index (κ1) is 16.8. The second kappa shape index (κ2) is 8.80. The lowest BCUT2D eigenvalue weighted by molar-refractivity contribution is -0.136. The van der Waals surface area contributed by atoms with Gasteiger partial charge >= 0.3 is 6.18 Å². The van der Waals surface area contributed by atoms with Crippen LogP contribution in [0.15, 0.2) is 0 Å². The van der Waals surface area contributed by atoms with Gasteiger partial charge in [-0.3, -0.25) is 0 Å². The van der Waals surface area contributed by atoms with Crippen molar-refractivity contribution in [2.75, 3.05) is 13.2 Å². The zero-order chi connectivity index (χ0) is 14.1. The smallest absolute Gasteiger partial charge is 0.378 e. The summed E-state index contributed by atoms with van der Waals surface area (Å²) in [6.07, 6.45) is 1.49. The van der Waals surface area contributed by atoms with Crippen LogP contribution < -0.4 is 5.32 Å². The molecule has 0 saturated carbocycles. The molecule has 1 N–H and O–H groups in total. The maximum Gasteiger partial charge on any atom is 0.389 e. The van der Waals surface area contributed by atoms with E-state index >= 15 is 0 Å². The molecule has 2 unspecified atom stereocenters. The van der Waals surface area contributed by atoms with Gasteiger partial charge in [0.2, 0.25) is 0 Å². The van der Waals surface area contributed by atoms with Gasteiger partial charge in [-0.05, 0) is 51.5 Å². The van der Waals surface area contributed by atoms with Gasteiger partial charge < -0.3 is 10.1 Å². The average Bonchev–Trinajstić information content (AvgIpc) is 2.35. The minimum Gasteiger partial charge on any atom is -0.378 e. The van der Waals surface area contributed by atoms with E-state index in [1.54, 1.807) is 0 Å². The largest absolute Gasteiger partial charge is 0.389 e. The molecule has 0 aromatic rings. The summed E-state index contributed by atoms with van der Waals surface area (Å²) in [7, 11) is 0. The van der Waals surface area contributed by atoms with Crippen LogP contribution in [0.5, 0.6) is 0 Å². The van der Waals surface area contributed by atoms with Crippen molar-refractivity contribution in [1.82, 2.24) is 5.32 Å². The molecule has 2 nitrogen and oxygen atoms in total. The molecular formula is C14H26F3NO. The van der Waals surface area contributed by atoms with Gasteiger partial charge in [-0.1, -0.05) is 6.92 Å². The highest BCUT2D eigenvalue weighted by Crippen LogP contribution is 2.24. The Morgan fingerprint density at radius 1 is 1.32 bits per heavy atom. The molecular weight excluding hydrogens is 255 g/mol. The number of halogens is 3. The molecule has 2 atom stereocenters. The summed E-state index contributed by atoms with van der Waals surface area (Å²) in [5, 5.41) is 3.36. The van der Waals surface area contributed by atoms with Crippen molar-refractivity contribution in [2.24, 2.45) is 0 Å². The van der Waals surface area contributed by atoms with E-state index in [-0.39, 0.29) is 18.6 Å². The lowest BCUT2D eigenvalue weighted by atomic mass is 9.98. The summed E-state index contributed by atoms with van der Waals surface area (Å²) in [5.74, 6) is 0. The maximum absolute atomic E-state index is 12.2. The highest BCUT2D eigenvalue weighted by Gasteiger charge is 2.27. The molecule has 1 saturated heterocycles. The summed E-state index contributed by atoms with van der Waals surface area (Å²) >= 11 is 0. The topological polar surface area (TPSA) is 21.3 Å². The van der Waals surface area contributed by atoms with Gasteiger partial charge in [-0.15, -0.1) is 0 Å². The molecule has 0 aromatic carbocycles. The van der Waals surface area contributed by atoms with Gasteiger partial charge in [0, 0.05) is 19.1 Å². The van der Waals surface area contributed by atoms with Gasteiger partial charge in [-0.25, -0.2) is 0 Å². The molecule has 5 heteroatoms. The molecule has 1 fully saturated rings. The molecule has 19 heavy (non-hydrogen) atoms. The highest BCUT2D eigenvalue weighted by atomic mass is 19.4. The van der Waals surface area contributed by atoms with Crippen LogP contribution >= 0.6 is 0 Å². The fourth-order valence-electron chi connectivity index (χ4n) is 2.51. The van der Waals surface area contributed by atoms with Crippen molar-refractivity contribution < 1.29 is 17.9 Å². The van der Waals surface area contributed by atoms with Crippen LogP contribution in [0.25, 0.3) is 0 Å². The van der Waals surface area contributed by atoms with Crippen molar-refractivity contribution in [2.45, 2.75) is 76.6 Å². The third-order valence-electron chi connectivity index (χ3n) is 3.52. The molecule has 0 spiro atoms. The summed E-state index contributed by atoms with van der Waals surface area (Å²) < 4.78 is 42.2. The van der Waals surface area contributed by atoms with E-state index in [2.05, 4.69) is 12.2 Å². The van der Waals surface area contributed by atoms with E-state index in [0.717, 1.165) is 38.8 Å². The molecule has 0 aromatic heterocycles. The molecule has 114 valence electrons. The Kier molecular flexibility index (Phi) is 7.76. The van der Waals surface area contributed by atoms with E-state index in [1.165, 1.54) is 6.42 Å². The second-order valence-electron chi connectivity index (χ2n) is 5.38. The number of nitrogens with one attached hydrogen (secondary N) is 1. The third kappa shape index (κ3) is 8.47. The predicted octanol–water partition coefficient (Wildman–Crippen LogP) is 4.05. The molecule has 0 bridgehead atoms. The Labute approximate surface area is 114 Å². The van der Waals surface area contributed by atoms with Crippen molar-refractivity contribution in [1.29, 1.82) is 0 Å². The summed E-state index contributed by atoms with van der Waals surface area (Å²) in [6.45, 7) is 3.73. The first-order chi connectivity index (χ1) is 9.01. The first-order valence-electron chi connectivity index (χ1n) is 7.43. The van der Waals surface area contributed by atoms with Crippen molar-refractivity contribution in [3.8, 4) is 0 Å². The summed E-state index contributed by atoms with van der Waals surface area (Å²) in [5.41, 5.74) is 0. The van der Waals surface area contributed by atoms with Gasteiger partial charge in [0.25, 0.3) is 0 Å². The van der Waals surface area contributed by atoms with Crippen LogP contribution in [0.2, 0.25) is 0 Å². The molecule has 0 amide bonds. The Morgan fingerprint density at radius 2 is 2.11 bits per heavy atom. The molecule has 1 rings (SSSR count). The van der Waals surface area contributed by atoms with Crippen molar-refractivity contribution in [3.05, 3.63) is 0 Å². The number of ether oxygens (including phenoxy) is 1. The quantitative estimate of drug-likeness (QED) is 0.725. The van der Waals surface area contributed by atoms with E-state index < -0.39 is 12.6 Å². The second-order valence-corrected chi connectivity index (χ2v) is 5.38. The SMILES string of the molecule is CCCNC(CCCC(F)(F)F)CC1CCCCO1. The number of hydrogen-bond donors (Lipinski definition) is 1. The van der Waals surface area contributed by atoms with Crippen LogP contribution in [0, 0.1) is 0 Å². The van der Waals surface area contributed by atoms with E-state index in [0.29, 0.717) is 6.42 Å². The van der Waals surface area contributed by atoms with E-state index in [4.69, 9.17) is 4.74 Å². The number of alkyl halides is 3. The fourth-order valence-corrected chi connectivity index (χ4v) is 2.51. The zero-order valence-electron chi connectivity index (χ0n) is 11.8. The van der Waals surface area contributed by atoms with Gasteiger partial charge in [0.05, 0.1) is 6.10 Å². The standard InChI is InChI=1S/C14H26F3NO/c1-2-9-18-12(6-5-8-14(15,16)17)11-13-7-3-4-10-19-13/h12-13,18H,2-11H2,1H3. The van der Waals surface area contributed by atoms with Crippen molar-refractivity contribution in [3.63, 3.8) is 0 Å². The van der Waals surface area contributed by atoms with Crippen LogP contribution in [0.4, 0.5) is 13.2 Å². The number of rotatable bonds is 8. The molecule has 0 aliphatic carbocycles. The van der Waals surface area contributed by atoms with Crippen molar-refractivity contribution >= 4 is 0 Å². The zero-order valence-corrected chi connectivity index (χ0v) is 11.8. The Bertz CT molecular complexity index is 227. The minimum atomic E-state index is -4.03. The lowest BCUT2D eigenvalue weighted by Gasteiger charge is -2.27. The Hall–Kier alpha value is -0.290. The lowest BCUT2D eigenvalue weighted by Crippen LogP contribution is -2.35. The van der Waals surface area contributed by atoms with Gasteiger partial charge in [0.1, 0.15) is 0 Å². The molecule has 0 radical (unpaired) electrons. The van der Waals surface area contributed by atoms with Crippen LogP contribution in [-0.2, 0) is 4.74 Å². The van der Waals surface area contributed by atoms with Gasteiger partial charge in [-0.2, -0.15) is 13.2 Å². The average molecular weight is 281 g/mol. The minimum absolute atomic E-state index is 0.158. The van der Waals surface area contributed by atoms with Gasteiger partial charge in [0.15, 0.2) is 0 Å². The van der Waals surface area contributed by atoms with Crippen LogP contribution in [0.1, 0.15) is 58.3 Å². The predicted molar refractivity (Wildman–Crippen MR) is 70.2 cm³/mol. The summed E-state index contributed by atoms with van der Waals surface area (Å²) in [4.78, 5) is 0. The van der Waals surface area contributed by atoms with Crippen LogP contribution in [-0.4, -0.2) is 31.5 Å².